The zero-order chi connectivity index (χ0) is 18.3. The molecule has 0 aliphatic carbocycles. The SMILES string of the molecule is CN(C)C(CNC(=O)NCC(C)(O)c1ccccc1)c1ccccc1. The third-order valence-corrected chi connectivity index (χ3v) is 4.25. The van der Waals surface area contributed by atoms with Crippen LogP contribution in [0.15, 0.2) is 60.7 Å². The summed E-state index contributed by atoms with van der Waals surface area (Å²) in [7, 11) is 3.97. The Morgan fingerprint density at radius 3 is 2.16 bits per heavy atom. The van der Waals surface area contributed by atoms with Crippen LogP contribution in [-0.2, 0) is 5.60 Å². The lowest BCUT2D eigenvalue weighted by molar-refractivity contribution is 0.0593. The first-order valence-electron chi connectivity index (χ1n) is 8.41. The second-order valence-corrected chi connectivity index (χ2v) is 6.59. The molecular formula is C20H27N3O2. The summed E-state index contributed by atoms with van der Waals surface area (Å²) in [4.78, 5) is 14.2. The Morgan fingerprint density at radius 1 is 1.04 bits per heavy atom. The Labute approximate surface area is 149 Å². The number of urea groups is 1. The van der Waals surface area contributed by atoms with E-state index in [-0.39, 0.29) is 18.6 Å². The van der Waals surface area contributed by atoms with E-state index >= 15 is 0 Å². The van der Waals surface area contributed by atoms with E-state index in [1.54, 1.807) is 6.92 Å². The molecule has 25 heavy (non-hydrogen) atoms. The van der Waals surface area contributed by atoms with Gasteiger partial charge in [-0.1, -0.05) is 60.7 Å². The minimum atomic E-state index is -1.11. The number of carbonyl (C=O) groups excluding carboxylic acids is 1. The van der Waals surface area contributed by atoms with Crippen LogP contribution in [0.25, 0.3) is 0 Å². The van der Waals surface area contributed by atoms with Crippen LogP contribution >= 0.6 is 0 Å². The van der Waals surface area contributed by atoms with Gasteiger partial charge in [0.15, 0.2) is 0 Å². The second kappa shape index (κ2) is 8.65. The maximum Gasteiger partial charge on any atom is 0.314 e. The van der Waals surface area contributed by atoms with E-state index in [1.807, 2.05) is 74.8 Å². The third-order valence-electron chi connectivity index (χ3n) is 4.25. The largest absolute Gasteiger partial charge is 0.384 e. The lowest BCUT2D eigenvalue weighted by Gasteiger charge is -2.27. The van der Waals surface area contributed by atoms with E-state index in [9.17, 15) is 9.90 Å². The maximum absolute atomic E-state index is 12.1. The van der Waals surface area contributed by atoms with Crippen molar-refractivity contribution in [3.63, 3.8) is 0 Å². The molecule has 2 rings (SSSR count). The molecule has 0 aliphatic rings. The van der Waals surface area contributed by atoms with E-state index in [0.717, 1.165) is 11.1 Å². The molecule has 2 amide bonds. The van der Waals surface area contributed by atoms with Gasteiger partial charge in [0.05, 0.1) is 12.6 Å². The number of nitrogens with one attached hydrogen (secondary N) is 2. The highest BCUT2D eigenvalue weighted by Gasteiger charge is 2.23. The van der Waals surface area contributed by atoms with Crippen LogP contribution in [0.2, 0.25) is 0 Å². The fraction of sp³-hybridized carbons (Fsp3) is 0.350. The molecule has 0 saturated carbocycles. The van der Waals surface area contributed by atoms with Crippen molar-refractivity contribution in [3.8, 4) is 0 Å². The van der Waals surface area contributed by atoms with Crippen molar-refractivity contribution in [1.82, 2.24) is 15.5 Å². The van der Waals surface area contributed by atoms with Crippen molar-refractivity contribution < 1.29 is 9.90 Å². The lowest BCUT2D eigenvalue weighted by Crippen LogP contribution is -2.45. The van der Waals surface area contributed by atoms with Gasteiger partial charge in [0.25, 0.3) is 0 Å². The van der Waals surface area contributed by atoms with Gasteiger partial charge in [0.2, 0.25) is 0 Å². The summed E-state index contributed by atoms with van der Waals surface area (Å²) in [6, 6.07) is 19.2. The van der Waals surface area contributed by atoms with Gasteiger partial charge in [-0.2, -0.15) is 0 Å². The van der Waals surface area contributed by atoms with Crippen molar-refractivity contribution in [2.24, 2.45) is 0 Å². The van der Waals surface area contributed by atoms with Crippen LogP contribution in [-0.4, -0.2) is 43.2 Å². The van der Waals surface area contributed by atoms with Crippen LogP contribution in [0, 0.1) is 0 Å². The number of hydrogen-bond donors (Lipinski definition) is 3. The standard InChI is InChI=1S/C20H27N3O2/c1-20(25,17-12-8-5-9-13-17)15-22-19(24)21-14-18(23(2)3)16-10-6-4-7-11-16/h4-13,18,25H,14-15H2,1-3H3,(H2,21,22,24). The molecule has 134 valence electrons. The molecule has 5 nitrogen and oxygen atoms in total. The van der Waals surface area contributed by atoms with E-state index < -0.39 is 5.60 Å². The Bertz CT molecular complexity index is 657. The molecule has 5 heteroatoms. The number of carbonyl (C=O) groups is 1. The summed E-state index contributed by atoms with van der Waals surface area (Å²) < 4.78 is 0. The number of aliphatic hydroxyl groups is 1. The number of amides is 2. The van der Waals surface area contributed by atoms with Crippen LogP contribution in [0.4, 0.5) is 4.79 Å². The zero-order valence-corrected chi connectivity index (χ0v) is 15.1. The predicted molar refractivity (Wildman–Crippen MR) is 100 cm³/mol. The minimum Gasteiger partial charge on any atom is -0.384 e. The van der Waals surface area contributed by atoms with Crippen molar-refractivity contribution in [2.45, 2.75) is 18.6 Å². The van der Waals surface area contributed by atoms with Crippen LogP contribution in [0.1, 0.15) is 24.1 Å². The van der Waals surface area contributed by atoms with Gasteiger partial charge in [-0.05, 0) is 32.1 Å². The predicted octanol–water partition coefficient (Wildman–Crippen LogP) is 2.50. The lowest BCUT2D eigenvalue weighted by atomic mass is 9.96. The summed E-state index contributed by atoms with van der Waals surface area (Å²) in [5, 5.41) is 16.2. The molecule has 0 saturated heterocycles. The van der Waals surface area contributed by atoms with Gasteiger partial charge < -0.3 is 20.6 Å². The van der Waals surface area contributed by atoms with Gasteiger partial charge in [0, 0.05) is 6.54 Å². The first-order valence-corrected chi connectivity index (χ1v) is 8.41. The first kappa shape index (κ1) is 19.0. The molecule has 3 N–H and O–H groups in total. The Kier molecular flexibility index (Phi) is 6.56. The highest BCUT2D eigenvalue weighted by molar-refractivity contribution is 5.74. The van der Waals surface area contributed by atoms with Gasteiger partial charge in [-0.25, -0.2) is 4.79 Å². The van der Waals surface area contributed by atoms with Gasteiger partial charge >= 0.3 is 6.03 Å². The van der Waals surface area contributed by atoms with Crippen molar-refractivity contribution in [3.05, 3.63) is 71.8 Å². The summed E-state index contributed by atoms with van der Waals surface area (Å²) in [6.45, 7) is 2.31. The van der Waals surface area contributed by atoms with Gasteiger partial charge in [0.1, 0.15) is 5.60 Å². The number of nitrogens with zero attached hydrogens (tertiary/aromatic N) is 1. The molecule has 0 aromatic heterocycles. The molecular weight excluding hydrogens is 314 g/mol. The molecule has 2 unspecified atom stereocenters. The van der Waals surface area contributed by atoms with Crippen LogP contribution in [0.5, 0.6) is 0 Å². The number of likely N-dealkylation sites (N-methyl/N-ethyl adjacent to an activating group) is 1. The molecule has 0 radical (unpaired) electrons. The van der Waals surface area contributed by atoms with E-state index in [4.69, 9.17) is 0 Å². The molecule has 2 aromatic carbocycles. The minimum absolute atomic E-state index is 0.0848. The van der Waals surface area contributed by atoms with E-state index in [0.29, 0.717) is 6.54 Å². The maximum atomic E-state index is 12.1. The Hall–Kier alpha value is -2.37. The fourth-order valence-corrected chi connectivity index (χ4v) is 2.68. The zero-order valence-electron chi connectivity index (χ0n) is 15.1. The van der Waals surface area contributed by atoms with E-state index in [1.165, 1.54) is 0 Å². The highest BCUT2D eigenvalue weighted by atomic mass is 16.3. The van der Waals surface area contributed by atoms with Crippen molar-refractivity contribution in [2.75, 3.05) is 27.2 Å². The summed E-state index contributed by atoms with van der Waals surface area (Å²) in [5.41, 5.74) is 0.800. The quantitative estimate of drug-likeness (QED) is 0.725. The molecule has 0 fully saturated rings. The Balaban J connectivity index is 1.87. The fourth-order valence-electron chi connectivity index (χ4n) is 2.68. The number of hydrogen-bond acceptors (Lipinski definition) is 3. The summed E-state index contributed by atoms with van der Waals surface area (Å²) in [6.07, 6.45) is 0. The van der Waals surface area contributed by atoms with Crippen molar-refractivity contribution in [1.29, 1.82) is 0 Å². The molecule has 2 aromatic rings. The molecule has 0 bridgehead atoms. The van der Waals surface area contributed by atoms with Crippen LogP contribution < -0.4 is 10.6 Å². The molecule has 0 spiro atoms. The average Bonchev–Trinajstić information content (AvgIpc) is 2.61. The first-order chi connectivity index (χ1) is 11.9. The highest BCUT2D eigenvalue weighted by Crippen LogP contribution is 2.19. The van der Waals surface area contributed by atoms with Crippen LogP contribution in [0.3, 0.4) is 0 Å². The smallest absolute Gasteiger partial charge is 0.314 e. The molecule has 0 aliphatic heterocycles. The molecule has 2 atom stereocenters. The molecule has 0 heterocycles. The topological polar surface area (TPSA) is 64.6 Å². The summed E-state index contributed by atoms with van der Waals surface area (Å²) >= 11 is 0. The van der Waals surface area contributed by atoms with Crippen molar-refractivity contribution >= 4 is 6.03 Å². The monoisotopic (exact) mass is 341 g/mol. The third kappa shape index (κ3) is 5.59. The average molecular weight is 341 g/mol. The Morgan fingerprint density at radius 2 is 1.60 bits per heavy atom. The van der Waals surface area contributed by atoms with E-state index in [2.05, 4.69) is 15.5 Å². The number of benzene rings is 2. The second-order valence-electron chi connectivity index (χ2n) is 6.59. The normalized spacial score (nSPS) is 14.6. The van der Waals surface area contributed by atoms with Gasteiger partial charge in [-0.3, -0.25) is 0 Å². The summed E-state index contributed by atoms with van der Waals surface area (Å²) in [5.74, 6) is 0. The van der Waals surface area contributed by atoms with Gasteiger partial charge in [-0.15, -0.1) is 0 Å². The number of rotatable bonds is 7.